The Morgan fingerprint density at radius 2 is 1.86 bits per heavy atom. The van der Waals surface area contributed by atoms with E-state index in [9.17, 15) is 14.7 Å². The Morgan fingerprint density at radius 3 is 2.61 bits per heavy atom. The first-order chi connectivity index (χ1) is 23.8. The number of aryl methyl sites for hydroxylation is 1. The van der Waals surface area contributed by atoms with Gasteiger partial charge >= 0.3 is 0 Å². The van der Waals surface area contributed by atoms with Crippen LogP contribution in [0, 0.1) is 12.7 Å². The van der Waals surface area contributed by atoms with E-state index >= 15 is 4.39 Å². The van der Waals surface area contributed by atoms with Crippen molar-refractivity contribution in [3.8, 4) is 28.6 Å². The summed E-state index contributed by atoms with van der Waals surface area (Å²) in [6.07, 6.45) is 2.92. The number of amides is 1. The molecule has 4 heterocycles. The van der Waals surface area contributed by atoms with Crippen molar-refractivity contribution in [1.82, 2.24) is 24.1 Å². The Balaban J connectivity index is 1.21. The molecule has 250 valence electrons. The monoisotopic (exact) mass is 663 g/mol. The lowest BCUT2D eigenvalue weighted by Gasteiger charge is -2.12. The average molecular weight is 664 g/mol. The van der Waals surface area contributed by atoms with Crippen LogP contribution in [0.1, 0.15) is 35.0 Å². The fourth-order valence-corrected chi connectivity index (χ4v) is 6.11. The number of rotatable bonds is 10. The van der Waals surface area contributed by atoms with E-state index in [1.54, 1.807) is 24.8 Å². The van der Waals surface area contributed by atoms with Gasteiger partial charge in [-0.05, 0) is 68.7 Å². The van der Waals surface area contributed by atoms with Gasteiger partial charge in [-0.3, -0.25) is 14.3 Å². The van der Waals surface area contributed by atoms with E-state index < -0.39 is 17.3 Å². The topological polar surface area (TPSA) is 137 Å². The molecule has 0 aliphatic carbocycles. The number of methoxy groups -OCH3 is 1. The third kappa shape index (κ3) is 5.78. The van der Waals surface area contributed by atoms with Gasteiger partial charge in [0.05, 0.1) is 25.1 Å². The van der Waals surface area contributed by atoms with Gasteiger partial charge in [-0.15, -0.1) is 5.10 Å². The summed E-state index contributed by atoms with van der Waals surface area (Å²) in [5.41, 5.74) is 3.12. The maximum atomic E-state index is 15.6. The summed E-state index contributed by atoms with van der Waals surface area (Å²) in [6, 6.07) is 20.1. The molecule has 6 aromatic rings. The van der Waals surface area contributed by atoms with Crippen molar-refractivity contribution < 1.29 is 23.8 Å². The van der Waals surface area contributed by atoms with Gasteiger partial charge in [-0.25, -0.2) is 18.7 Å². The Morgan fingerprint density at radius 1 is 1.06 bits per heavy atom. The number of para-hydroxylation sites is 1. The number of nitrogens with zero attached hydrogens (tertiary/aromatic N) is 5. The van der Waals surface area contributed by atoms with Gasteiger partial charge in [-0.2, -0.15) is 0 Å². The standard InChI is InChI=1S/C36H34FN7O5/c1-21-11-13-29(48-3)27(18-21)43-34-32(33(41-43)39-22(2)20-45)30(15-16-38-34)49-28-14-12-23(19-25(28)37)40-35(46)31-26-10-7-17-42(26)44(36(31)47)24-8-5-4-6-9-24/h4-6,8-9,11-16,18-19,22,45H,7,10,17,20H2,1-3H3,(H,39,41)(H,40,46)/t22-/m1/s1. The molecule has 0 bridgehead atoms. The number of hydrogen-bond acceptors (Lipinski definition) is 8. The van der Waals surface area contributed by atoms with Crippen LogP contribution in [0.15, 0.2) is 83.8 Å². The lowest BCUT2D eigenvalue weighted by atomic mass is 10.1. The second-order valence-electron chi connectivity index (χ2n) is 11.9. The van der Waals surface area contributed by atoms with Crippen LogP contribution in [0.25, 0.3) is 22.4 Å². The number of halogens is 1. The van der Waals surface area contributed by atoms with Crippen LogP contribution in [0.3, 0.4) is 0 Å². The van der Waals surface area contributed by atoms with Gasteiger partial charge in [0.1, 0.15) is 28.1 Å². The third-order valence-corrected chi connectivity index (χ3v) is 8.42. The molecule has 0 radical (unpaired) electrons. The number of fused-ring (bicyclic) bond motifs is 2. The largest absolute Gasteiger partial charge is 0.494 e. The molecule has 3 N–H and O–H groups in total. The minimum atomic E-state index is -0.738. The van der Waals surface area contributed by atoms with Gasteiger partial charge in [-0.1, -0.05) is 24.3 Å². The van der Waals surface area contributed by atoms with E-state index in [-0.39, 0.29) is 35.4 Å². The summed E-state index contributed by atoms with van der Waals surface area (Å²) in [6.45, 7) is 4.20. The van der Waals surface area contributed by atoms with Crippen molar-refractivity contribution >= 4 is 28.4 Å². The summed E-state index contributed by atoms with van der Waals surface area (Å²) >= 11 is 0. The first kappa shape index (κ1) is 31.6. The molecule has 1 aliphatic rings. The Hall–Kier alpha value is -5.95. The first-order valence-corrected chi connectivity index (χ1v) is 15.9. The predicted molar refractivity (Wildman–Crippen MR) is 183 cm³/mol. The Kier molecular flexibility index (Phi) is 8.34. The lowest BCUT2D eigenvalue weighted by Crippen LogP contribution is -2.26. The number of ether oxygens (including phenoxy) is 2. The fraction of sp³-hybridized carbons (Fsp3) is 0.222. The zero-order valence-corrected chi connectivity index (χ0v) is 27.1. The second kappa shape index (κ2) is 12.9. The van der Waals surface area contributed by atoms with E-state index in [4.69, 9.17) is 14.6 Å². The average Bonchev–Trinajstić information content (AvgIpc) is 3.79. The van der Waals surface area contributed by atoms with E-state index in [1.165, 1.54) is 23.0 Å². The molecule has 7 rings (SSSR count). The fourth-order valence-electron chi connectivity index (χ4n) is 6.11. The van der Waals surface area contributed by atoms with Crippen molar-refractivity contribution in [2.75, 3.05) is 24.4 Å². The molecule has 1 atom stereocenters. The number of pyridine rings is 1. The van der Waals surface area contributed by atoms with Crippen molar-refractivity contribution in [2.24, 2.45) is 0 Å². The Bertz CT molecular complexity index is 2260. The molecule has 49 heavy (non-hydrogen) atoms. The summed E-state index contributed by atoms with van der Waals surface area (Å²) in [5, 5.41) is 20.9. The number of anilines is 2. The van der Waals surface area contributed by atoms with Crippen LogP contribution in [-0.2, 0) is 13.0 Å². The minimum Gasteiger partial charge on any atom is -0.494 e. The normalized spacial score (nSPS) is 12.9. The summed E-state index contributed by atoms with van der Waals surface area (Å²) < 4.78 is 32.3. The number of benzene rings is 3. The zero-order valence-electron chi connectivity index (χ0n) is 27.1. The molecule has 0 saturated carbocycles. The van der Waals surface area contributed by atoms with E-state index in [1.807, 2.05) is 60.1 Å². The predicted octanol–water partition coefficient (Wildman–Crippen LogP) is 5.61. The van der Waals surface area contributed by atoms with Crippen LogP contribution in [-0.4, -0.2) is 54.9 Å². The molecule has 0 unspecified atom stereocenters. The highest BCUT2D eigenvalue weighted by Gasteiger charge is 2.29. The van der Waals surface area contributed by atoms with Crippen LogP contribution >= 0.6 is 0 Å². The maximum absolute atomic E-state index is 15.6. The molecule has 1 amide bonds. The van der Waals surface area contributed by atoms with Crippen molar-refractivity contribution in [2.45, 2.75) is 39.3 Å². The van der Waals surface area contributed by atoms with Crippen molar-refractivity contribution in [3.05, 3.63) is 112 Å². The van der Waals surface area contributed by atoms with Crippen LogP contribution in [0.2, 0.25) is 0 Å². The van der Waals surface area contributed by atoms with E-state index in [0.717, 1.165) is 18.1 Å². The number of carbonyl (C=O) groups is 1. The summed E-state index contributed by atoms with van der Waals surface area (Å²) in [7, 11) is 1.57. The van der Waals surface area contributed by atoms with E-state index in [2.05, 4.69) is 15.6 Å². The molecule has 1 aliphatic heterocycles. The van der Waals surface area contributed by atoms with E-state index in [0.29, 0.717) is 52.6 Å². The SMILES string of the molecule is COc1ccc(C)cc1-n1nc(N[C@H](C)CO)c2c(Oc3ccc(NC(=O)c4c5n(n(-c6ccccc6)c4=O)CCC5)cc3F)ccnc21. The van der Waals surface area contributed by atoms with Crippen LogP contribution < -0.4 is 25.7 Å². The molecule has 3 aromatic carbocycles. The molecule has 13 heteroatoms. The van der Waals surface area contributed by atoms with Crippen LogP contribution in [0.5, 0.6) is 17.2 Å². The molecule has 3 aromatic heterocycles. The number of carbonyl (C=O) groups excluding carboxylic acids is 1. The molecule has 0 spiro atoms. The molecule has 0 fully saturated rings. The highest BCUT2D eigenvalue weighted by Crippen LogP contribution is 2.38. The van der Waals surface area contributed by atoms with Crippen molar-refractivity contribution in [1.29, 1.82) is 0 Å². The zero-order chi connectivity index (χ0) is 34.2. The Labute approximate surface area is 280 Å². The highest BCUT2D eigenvalue weighted by atomic mass is 19.1. The number of aliphatic hydroxyl groups excluding tert-OH is 1. The second-order valence-corrected chi connectivity index (χ2v) is 11.9. The maximum Gasteiger partial charge on any atom is 0.284 e. The van der Waals surface area contributed by atoms with Gasteiger partial charge in [0.2, 0.25) is 0 Å². The summed E-state index contributed by atoms with van der Waals surface area (Å²) in [4.78, 5) is 31.5. The number of nitrogens with one attached hydrogen (secondary N) is 2. The van der Waals surface area contributed by atoms with Gasteiger partial charge < -0.3 is 25.2 Å². The molecular weight excluding hydrogens is 629 g/mol. The van der Waals surface area contributed by atoms with Crippen LogP contribution in [0.4, 0.5) is 15.9 Å². The lowest BCUT2D eigenvalue weighted by molar-refractivity contribution is 0.102. The third-order valence-electron chi connectivity index (χ3n) is 8.42. The summed E-state index contributed by atoms with van der Waals surface area (Å²) in [5.74, 6) is -0.258. The van der Waals surface area contributed by atoms with Crippen molar-refractivity contribution in [3.63, 3.8) is 0 Å². The van der Waals surface area contributed by atoms with Gasteiger partial charge in [0.15, 0.2) is 23.0 Å². The van der Waals surface area contributed by atoms with Gasteiger partial charge in [0.25, 0.3) is 11.5 Å². The molecular formula is C36H34FN7O5. The number of hydrogen-bond donors (Lipinski definition) is 3. The van der Waals surface area contributed by atoms with Gasteiger partial charge in [0, 0.05) is 36.6 Å². The molecule has 0 saturated heterocycles. The molecule has 12 nitrogen and oxygen atoms in total. The first-order valence-electron chi connectivity index (χ1n) is 15.9. The number of aromatic nitrogens is 5. The highest BCUT2D eigenvalue weighted by molar-refractivity contribution is 6.05. The smallest absolute Gasteiger partial charge is 0.284 e. The quantitative estimate of drug-likeness (QED) is 0.172. The minimum absolute atomic E-state index is 0.0423. The number of aliphatic hydroxyl groups is 1.